The molecule has 2 rings (SSSR count). The number of hydrogen-bond donors (Lipinski definition) is 0. The predicted molar refractivity (Wildman–Crippen MR) is 78.2 cm³/mol. The molecule has 0 aromatic heterocycles. The predicted octanol–water partition coefficient (Wildman–Crippen LogP) is 1.09. The Labute approximate surface area is 125 Å². The monoisotopic (exact) mass is 316 g/mol. The minimum absolute atomic E-state index is 0.161. The third-order valence-electron chi connectivity index (χ3n) is 3.66. The van der Waals surface area contributed by atoms with Crippen molar-refractivity contribution in [2.75, 3.05) is 46.4 Å². The van der Waals surface area contributed by atoms with Crippen LogP contribution in [0.2, 0.25) is 0 Å². The molecule has 118 valence electrons. The van der Waals surface area contributed by atoms with Gasteiger partial charge in [-0.25, -0.2) is 12.8 Å². The Bertz CT molecular complexity index is 586. The maximum absolute atomic E-state index is 13.1. The summed E-state index contributed by atoms with van der Waals surface area (Å²) in [6.45, 7) is 5.69. The molecule has 1 aliphatic heterocycles. The van der Waals surface area contributed by atoms with E-state index in [2.05, 4.69) is 4.90 Å². The van der Waals surface area contributed by atoms with E-state index >= 15 is 0 Å². The molecule has 7 heteroatoms. The van der Waals surface area contributed by atoms with Crippen molar-refractivity contribution in [1.82, 2.24) is 9.21 Å². The van der Waals surface area contributed by atoms with Gasteiger partial charge in [0.05, 0.1) is 18.1 Å². The standard InChI is InChI=1S/C14H21FN2O3S/c1-12-11-13(15)3-4-14(12)21(18,19)16(2)5-6-17-7-9-20-10-8-17/h3-4,11H,5-10H2,1-2H3. The van der Waals surface area contributed by atoms with Gasteiger partial charge in [-0.1, -0.05) is 0 Å². The molecule has 0 saturated carbocycles. The SMILES string of the molecule is Cc1cc(F)ccc1S(=O)(=O)N(C)CCN1CCOCC1. The number of nitrogens with zero attached hydrogens (tertiary/aromatic N) is 2. The lowest BCUT2D eigenvalue weighted by Gasteiger charge is -2.28. The average Bonchev–Trinajstić information content (AvgIpc) is 2.45. The molecule has 1 aliphatic rings. The Balaban J connectivity index is 2.04. The summed E-state index contributed by atoms with van der Waals surface area (Å²) in [5.74, 6) is -0.428. The minimum atomic E-state index is -3.58. The molecule has 0 unspecified atom stereocenters. The normalized spacial score (nSPS) is 17.3. The first-order valence-electron chi connectivity index (χ1n) is 6.94. The van der Waals surface area contributed by atoms with Crippen LogP contribution in [0.3, 0.4) is 0 Å². The molecule has 1 aromatic carbocycles. The van der Waals surface area contributed by atoms with E-state index in [1.54, 1.807) is 14.0 Å². The van der Waals surface area contributed by atoms with Gasteiger partial charge in [0.1, 0.15) is 5.82 Å². The first-order chi connectivity index (χ1) is 9.91. The highest BCUT2D eigenvalue weighted by Crippen LogP contribution is 2.19. The van der Waals surface area contributed by atoms with E-state index in [0.29, 0.717) is 31.9 Å². The van der Waals surface area contributed by atoms with Gasteiger partial charge >= 0.3 is 0 Å². The van der Waals surface area contributed by atoms with E-state index in [1.165, 1.54) is 22.5 Å². The van der Waals surface area contributed by atoms with Gasteiger partial charge in [-0.15, -0.1) is 0 Å². The van der Waals surface area contributed by atoms with Gasteiger partial charge in [-0.05, 0) is 30.7 Å². The number of morpholine rings is 1. The lowest BCUT2D eigenvalue weighted by molar-refractivity contribution is 0.0368. The van der Waals surface area contributed by atoms with Gasteiger partial charge in [0, 0.05) is 33.2 Å². The fourth-order valence-corrected chi connectivity index (χ4v) is 3.66. The van der Waals surface area contributed by atoms with E-state index in [0.717, 1.165) is 13.1 Å². The van der Waals surface area contributed by atoms with E-state index in [9.17, 15) is 12.8 Å². The molecular formula is C14H21FN2O3S. The van der Waals surface area contributed by atoms with Crippen LogP contribution in [0.15, 0.2) is 23.1 Å². The molecular weight excluding hydrogens is 295 g/mol. The second-order valence-electron chi connectivity index (χ2n) is 5.19. The lowest BCUT2D eigenvalue weighted by Crippen LogP contribution is -2.42. The highest BCUT2D eigenvalue weighted by Gasteiger charge is 2.23. The summed E-state index contributed by atoms with van der Waals surface area (Å²) in [4.78, 5) is 2.33. The van der Waals surface area contributed by atoms with Crippen LogP contribution in [0.25, 0.3) is 0 Å². The van der Waals surface area contributed by atoms with Crippen LogP contribution < -0.4 is 0 Å². The van der Waals surface area contributed by atoms with E-state index in [-0.39, 0.29) is 4.90 Å². The number of sulfonamides is 1. The second kappa shape index (κ2) is 6.83. The smallest absolute Gasteiger partial charge is 0.243 e. The fourth-order valence-electron chi connectivity index (χ4n) is 2.30. The highest BCUT2D eigenvalue weighted by molar-refractivity contribution is 7.89. The summed E-state index contributed by atoms with van der Waals surface area (Å²) in [7, 11) is -2.02. The van der Waals surface area contributed by atoms with Gasteiger partial charge in [-0.2, -0.15) is 4.31 Å². The quantitative estimate of drug-likeness (QED) is 0.816. The van der Waals surface area contributed by atoms with Crippen molar-refractivity contribution >= 4 is 10.0 Å². The summed E-state index contributed by atoms with van der Waals surface area (Å²) in [5.41, 5.74) is 0.424. The number of ether oxygens (including phenoxy) is 1. The second-order valence-corrected chi connectivity index (χ2v) is 7.20. The Morgan fingerprint density at radius 2 is 2.00 bits per heavy atom. The highest BCUT2D eigenvalue weighted by atomic mass is 32.2. The molecule has 1 aromatic rings. The Morgan fingerprint density at radius 3 is 2.62 bits per heavy atom. The van der Waals surface area contributed by atoms with Gasteiger partial charge in [0.15, 0.2) is 0 Å². The molecule has 0 N–H and O–H groups in total. The number of halogens is 1. The number of rotatable bonds is 5. The molecule has 1 fully saturated rings. The zero-order chi connectivity index (χ0) is 15.5. The molecule has 0 radical (unpaired) electrons. The van der Waals surface area contributed by atoms with Crippen molar-refractivity contribution in [1.29, 1.82) is 0 Å². The minimum Gasteiger partial charge on any atom is -0.379 e. The molecule has 21 heavy (non-hydrogen) atoms. The topological polar surface area (TPSA) is 49.9 Å². The van der Waals surface area contributed by atoms with Crippen molar-refractivity contribution < 1.29 is 17.5 Å². The van der Waals surface area contributed by atoms with Gasteiger partial charge in [-0.3, -0.25) is 4.90 Å². The summed E-state index contributed by atoms with van der Waals surface area (Å²) in [6.07, 6.45) is 0. The molecule has 0 spiro atoms. The molecule has 5 nitrogen and oxygen atoms in total. The van der Waals surface area contributed by atoms with Crippen molar-refractivity contribution in [2.45, 2.75) is 11.8 Å². The fraction of sp³-hybridized carbons (Fsp3) is 0.571. The van der Waals surface area contributed by atoms with E-state index in [1.807, 2.05) is 0 Å². The van der Waals surface area contributed by atoms with Crippen molar-refractivity contribution in [3.05, 3.63) is 29.6 Å². The molecule has 1 saturated heterocycles. The zero-order valence-electron chi connectivity index (χ0n) is 12.4. The maximum Gasteiger partial charge on any atom is 0.243 e. The van der Waals surface area contributed by atoms with E-state index in [4.69, 9.17) is 4.74 Å². The number of aryl methyl sites for hydroxylation is 1. The van der Waals surface area contributed by atoms with Crippen LogP contribution in [-0.2, 0) is 14.8 Å². The number of likely N-dealkylation sites (N-methyl/N-ethyl adjacent to an activating group) is 1. The maximum atomic E-state index is 13.1. The molecule has 0 bridgehead atoms. The van der Waals surface area contributed by atoms with Gasteiger partial charge in [0.25, 0.3) is 0 Å². The number of hydrogen-bond acceptors (Lipinski definition) is 4. The largest absolute Gasteiger partial charge is 0.379 e. The van der Waals surface area contributed by atoms with Crippen LogP contribution >= 0.6 is 0 Å². The molecule has 1 heterocycles. The van der Waals surface area contributed by atoms with Crippen molar-refractivity contribution in [3.8, 4) is 0 Å². The van der Waals surface area contributed by atoms with Crippen molar-refractivity contribution in [3.63, 3.8) is 0 Å². The number of benzene rings is 1. The summed E-state index contributed by atoms with van der Waals surface area (Å²) in [5, 5.41) is 0. The van der Waals surface area contributed by atoms with Gasteiger partial charge in [0.2, 0.25) is 10.0 Å². The third-order valence-corrected chi connectivity index (χ3v) is 5.68. The van der Waals surface area contributed by atoms with Crippen LogP contribution in [0, 0.1) is 12.7 Å². The van der Waals surface area contributed by atoms with E-state index < -0.39 is 15.8 Å². The van der Waals surface area contributed by atoms with Crippen LogP contribution in [0.4, 0.5) is 4.39 Å². The Hall–Kier alpha value is -1.02. The Kier molecular flexibility index (Phi) is 5.32. The first kappa shape index (κ1) is 16.4. The Morgan fingerprint density at radius 1 is 1.33 bits per heavy atom. The average molecular weight is 316 g/mol. The van der Waals surface area contributed by atoms with Crippen molar-refractivity contribution in [2.24, 2.45) is 0 Å². The summed E-state index contributed by atoms with van der Waals surface area (Å²) < 4.78 is 44.7. The first-order valence-corrected chi connectivity index (χ1v) is 8.38. The molecule has 0 atom stereocenters. The molecule has 0 aliphatic carbocycles. The van der Waals surface area contributed by atoms with Crippen LogP contribution in [-0.4, -0.2) is 64.1 Å². The lowest BCUT2D eigenvalue weighted by atomic mass is 10.2. The summed E-state index contributed by atoms with van der Waals surface area (Å²) in [6, 6.07) is 3.74. The van der Waals surface area contributed by atoms with Gasteiger partial charge < -0.3 is 4.74 Å². The third kappa shape index (κ3) is 4.00. The summed E-state index contributed by atoms with van der Waals surface area (Å²) >= 11 is 0. The van der Waals surface area contributed by atoms with Crippen LogP contribution in [0.5, 0.6) is 0 Å². The van der Waals surface area contributed by atoms with Crippen LogP contribution in [0.1, 0.15) is 5.56 Å². The zero-order valence-corrected chi connectivity index (χ0v) is 13.2. The molecule has 0 amide bonds.